The lowest BCUT2D eigenvalue weighted by Crippen LogP contribution is -2.45. The first kappa shape index (κ1) is 16.3. The van der Waals surface area contributed by atoms with Gasteiger partial charge < -0.3 is 15.2 Å². The lowest BCUT2D eigenvalue weighted by Gasteiger charge is -2.28. The number of hydrogen-bond donors (Lipinski definition) is 2. The van der Waals surface area contributed by atoms with Gasteiger partial charge in [0.05, 0.1) is 22.2 Å². The van der Waals surface area contributed by atoms with Gasteiger partial charge in [-0.25, -0.2) is 0 Å². The summed E-state index contributed by atoms with van der Waals surface area (Å²) in [5.41, 5.74) is 1.09. The average molecular weight is 407 g/mol. The van der Waals surface area contributed by atoms with E-state index >= 15 is 0 Å². The van der Waals surface area contributed by atoms with Crippen LogP contribution in [-0.4, -0.2) is 23.9 Å². The fourth-order valence-electron chi connectivity index (χ4n) is 2.73. The smallest absolute Gasteiger partial charge is 0.147 e. The van der Waals surface area contributed by atoms with Crippen LogP contribution in [0.15, 0.2) is 21.1 Å². The average Bonchev–Trinajstić information content (AvgIpc) is 2.90. The summed E-state index contributed by atoms with van der Waals surface area (Å²) in [6.07, 6.45) is 4.51. The third kappa shape index (κ3) is 3.75. The molecule has 0 radical (unpaired) electrons. The van der Waals surface area contributed by atoms with Gasteiger partial charge in [-0.1, -0.05) is 12.8 Å². The predicted octanol–water partition coefficient (Wildman–Crippen LogP) is 4.01. The number of ether oxygens (including phenoxy) is 1. The molecule has 0 heterocycles. The Bertz CT molecular complexity index is 436. The molecule has 0 aliphatic heterocycles. The van der Waals surface area contributed by atoms with Crippen LogP contribution in [0.3, 0.4) is 0 Å². The monoisotopic (exact) mass is 405 g/mol. The van der Waals surface area contributed by atoms with Gasteiger partial charge in [-0.2, -0.15) is 0 Å². The summed E-state index contributed by atoms with van der Waals surface area (Å²) in [7, 11) is 0. The zero-order valence-electron chi connectivity index (χ0n) is 11.7. The second-order valence-electron chi connectivity index (χ2n) is 5.32. The molecule has 0 amide bonds. The van der Waals surface area contributed by atoms with Gasteiger partial charge in [0.2, 0.25) is 0 Å². The molecule has 0 saturated heterocycles. The minimum Gasteiger partial charge on any atom is -0.492 e. The highest BCUT2D eigenvalue weighted by Gasteiger charge is 2.32. The second kappa shape index (κ2) is 7.25. The van der Waals surface area contributed by atoms with Crippen molar-refractivity contribution in [3.05, 3.63) is 26.6 Å². The molecule has 0 unspecified atom stereocenters. The van der Waals surface area contributed by atoms with Crippen molar-refractivity contribution in [2.75, 3.05) is 13.2 Å². The van der Waals surface area contributed by atoms with Crippen molar-refractivity contribution >= 4 is 31.9 Å². The van der Waals surface area contributed by atoms with Gasteiger partial charge in [0.1, 0.15) is 5.75 Å². The van der Waals surface area contributed by atoms with Crippen LogP contribution >= 0.6 is 31.9 Å². The highest BCUT2D eigenvalue weighted by Crippen LogP contribution is 2.35. The fourth-order valence-corrected chi connectivity index (χ4v) is 4.24. The summed E-state index contributed by atoms with van der Waals surface area (Å²) >= 11 is 7.10. The summed E-state index contributed by atoms with van der Waals surface area (Å²) in [6, 6.07) is 4.14. The van der Waals surface area contributed by atoms with Crippen LogP contribution in [0.5, 0.6) is 5.75 Å². The number of halogens is 2. The molecule has 0 aromatic heterocycles. The minimum absolute atomic E-state index is 0.0858. The Balaban J connectivity index is 2.06. The fraction of sp³-hybridized carbons (Fsp3) is 0.600. The van der Waals surface area contributed by atoms with Crippen LogP contribution in [0.25, 0.3) is 0 Å². The topological polar surface area (TPSA) is 41.5 Å². The Kier molecular flexibility index (Phi) is 5.90. The number of aliphatic hydroxyl groups excluding tert-OH is 1. The maximum atomic E-state index is 9.62. The van der Waals surface area contributed by atoms with Crippen molar-refractivity contribution < 1.29 is 9.84 Å². The van der Waals surface area contributed by atoms with Crippen molar-refractivity contribution in [3.63, 3.8) is 0 Å². The summed E-state index contributed by atoms with van der Waals surface area (Å²) in [5, 5.41) is 13.2. The zero-order valence-corrected chi connectivity index (χ0v) is 14.9. The van der Waals surface area contributed by atoms with Crippen LogP contribution < -0.4 is 10.1 Å². The molecule has 1 aromatic carbocycles. The number of benzene rings is 1. The van der Waals surface area contributed by atoms with E-state index in [-0.39, 0.29) is 12.1 Å². The quantitative estimate of drug-likeness (QED) is 0.749. The molecule has 5 heteroatoms. The Morgan fingerprint density at radius 1 is 1.25 bits per heavy atom. The molecule has 112 valence electrons. The van der Waals surface area contributed by atoms with Gasteiger partial charge in [0.15, 0.2) is 0 Å². The van der Waals surface area contributed by atoms with Gasteiger partial charge >= 0.3 is 0 Å². The third-order valence-electron chi connectivity index (χ3n) is 3.88. The Hall–Kier alpha value is -0.100. The third-order valence-corrected chi connectivity index (χ3v) is 5.06. The molecule has 1 aliphatic carbocycles. The van der Waals surface area contributed by atoms with Crippen molar-refractivity contribution in [2.45, 2.75) is 44.7 Å². The molecular weight excluding hydrogens is 386 g/mol. The molecule has 1 aliphatic rings. The highest BCUT2D eigenvalue weighted by atomic mass is 79.9. The second-order valence-corrected chi connectivity index (χ2v) is 7.03. The van der Waals surface area contributed by atoms with E-state index in [0.29, 0.717) is 6.61 Å². The molecular formula is C15H21Br2NO2. The number of rotatable bonds is 6. The van der Waals surface area contributed by atoms with E-state index in [0.717, 1.165) is 34.1 Å². The lowest BCUT2D eigenvalue weighted by atomic mass is 9.98. The maximum absolute atomic E-state index is 9.62. The van der Waals surface area contributed by atoms with E-state index in [1.54, 1.807) is 0 Å². The molecule has 1 saturated carbocycles. The van der Waals surface area contributed by atoms with Crippen LogP contribution in [-0.2, 0) is 6.54 Å². The van der Waals surface area contributed by atoms with Crippen LogP contribution in [0.2, 0.25) is 0 Å². The van der Waals surface area contributed by atoms with Crippen molar-refractivity contribution in [1.29, 1.82) is 0 Å². The molecule has 1 aromatic rings. The van der Waals surface area contributed by atoms with E-state index in [1.807, 2.05) is 6.92 Å². The van der Waals surface area contributed by atoms with Gasteiger partial charge in [-0.15, -0.1) is 0 Å². The number of hydrogen-bond acceptors (Lipinski definition) is 3. The predicted molar refractivity (Wildman–Crippen MR) is 88.1 cm³/mol. The van der Waals surface area contributed by atoms with E-state index in [4.69, 9.17) is 4.74 Å². The van der Waals surface area contributed by atoms with Crippen molar-refractivity contribution in [2.24, 2.45) is 0 Å². The Morgan fingerprint density at radius 3 is 2.35 bits per heavy atom. The van der Waals surface area contributed by atoms with Crippen LogP contribution in [0.4, 0.5) is 0 Å². The molecule has 3 nitrogen and oxygen atoms in total. The number of aliphatic hydroxyl groups is 1. The first-order chi connectivity index (χ1) is 9.60. The summed E-state index contributed by atoms with van der Waals surface area (Å²) in [4.78, 5) is 0. The van der Waals surface area contributed by atoms with Crippen molar-refractivity contribution in [3.8, 4) is 5.75 Å². The zero-order chi connectivity index (χ0) is 14.6. The highest BCUT2D eigenvalue weighted by molar-refractivity contribution is 9.11. The van der Waals surface area contributed by atoms with Gasteiger partial charge in [-0.3, -0.25) is 0 Å². The van der Waals surface area contributed by atoms with Crippen LogP contribution in [0, 0.1) is 0 Å². The number of nitrogens with one attached hydrogen (secondary N) is 1. The van der Waals surface area contributed by atoms with E-state index < -0.39 is 0 Å². The van der Waals surface area contributed by atoms with E-state index in [9.17, 15) is 5.11 Å². The Morgan fingerprint density at radius 2 is 1.85 bits per heavy atom. The molecule has 20 heavy (non-hydrogen) atoms. The maximum Gasteiger partial charge on any atom is 0.147 e. The molecule has 0 bridgehead atoms. The van der Waals surface area contributed by atoms with Crippen LogP contribution in [0.1, 0.15) is 38.2 Å². The normalized spacial score (nSPS) is 17.4. The lowest BCUT2D eigenvalue weighted by molar-refractivity contribution is 0.163. The summed E-state index contributed by atoms with van der Waals surface area (Å²) < 4.78 is 7.49. The molecule has 0 spiro atoms. The molecule has 2 rings (SSSR count). The van der Waals surface area contributed by atoms with Gasteiger partial charge in [0.25, 0.3) is 0 Å². The minimum atomic E-state index is -0.0858. The van der Waals surface area contributed by atoms with Gasteiger partial charge in [0, 0.05) is 12.1 Å². The van der Waals surface area contributed by atoms with Gasteiger partial charge in [-0.05, 0) is 69.3 Å². The standard InChI is InChI=1S/C15H21Br2NO2/c1-2-20-14-12(16)7-11(8-13(14)17)9-18-15(10-19)5-3-4-6-15/h7-8,18-19H,2-6,9-10H2,1H3. The first-order valence-corrected chi connectivity index (χ1v) is 8.65. The summed E-state index contributed by atoms with van der Waals surface area (Å²) in [5.74, 6) is 0.842. The summed E-state index contributed by atoms with van der Waals surface area (Å²) in [6.45, 7) is 3.58. The first-order valence-electron chi connectivity index (χ1n) is 7.07. The van der Waals surface area contributed by atoms with Crippen molar-refractivity contribution in [1.82, 2.24) is 5.32 Å². The van der Waals surface area contributed by atoms with E-state index in [1.165, 1.54) is 18.4 Å². The van der Waals surface area contributed by atoms with E-state index in [2.05, 4.69) is 49.3 Å². The molecule has 2 N–H and O–H groups in total. The molecule has 0 atom stereocenters. The Labute approximate surface area is 137 Å². The largest absolute Gasteiger partial charge is 0.492 e. The molecule has 1 fully saturated rings. The SMILES string of the molecule is CCOc1c(Br)cc(CNC2(CO)CCCC2)cc1Br.